The number of halogens is 3. The van der Waals surface area contributed by atoms with Crippen molar-refractivity contribution in [1.29, 1.82) is 0 Å². The van der Waals surface area contributed by atoms with Crippen molar-refractivity contribution in [2.75, 3.05) is 5.32 Å². The molecular weight excluding hydrogens is 377 g/mol. The van der Waals surface area contributed by atoms with E-state index in [1.54, 1.807) is 5.32 Å². The first-order valence-electron chi connectivity index (χ1n) is 6.97. The number of alkyl halides is 2. The van der Waals surface area contributed by atoms with Crippen LogP contribution in [-0.2, 0) is 18.9 Å². The summed E-state index contributed by atoms with van der Waals surface area (Å²) in [6.07, 6.45) is 0. The Kier molecular flexibility index (Phi) is 4.82. The molecule has 0 bridgehead atoms. The highest BCUT2D eigenvalue weighted by Crippen LogP contribution is 2.29. The summed E-state index contributed by atoms with van der Waals surface area (Å²) in [5.74, 6) is -7.60. The van der Waals surface area contributed by atoms with Crippen molar-refractivity contribution in [2.45, 2.75) is 12.8 Å². The highest BCUT2D eigenvalue weighted by molar-refractivity contribution is 7.71. The van der Waals surface area contributed by atoms with Crippen LogP contribution in [-0.4, -0.2) is 30.6 Å². The third-order valence-corrected chi connectivity index (χ3v) is 4.03. The van der Waals surface area contributed by atoms with E-state index in [4.69, 9.17) is 12.2 Å². The molecular formula is C14H13F3N4O4S. The average molecular weight is 390 g/mol. The zero-order valence-electron chi connectivity index (χ0n) is 13.7. The van der Waals surface area contributed by atoms with E-state index < -0.39 is 46.2 Å². The molecule has 0 aliphatic carbocycles. The van der Waals surface area contributed by atoms with Gasteiger partial charge in [-0.05, 0) is 18.3 Å². The molecule has 1 amide bonds. The Morgan fingerprint density at radius 1 is 1.19 bits per heavy atom. The van der Waals surface area contributed by atoms with Gasteiger partial charge in [0.25, 0.3) is 5.91 Å². The maximum atomic E-state index is 14.2. The quantitative estimate of drug-likeness (QED) is 0.603. The number of aromatic nitrogens is 3. The molecule has 0 atom stereocenters. The molecule has 12 heteroatoms. The first kappa shape index (κ1) is 19.4. The van der Waals surface area contributed by atoms with E-state index in [0.717, 1.165) is 9.13 Å². The van der Waals surface area contributed by atoms with Crippen LogP contribution in [0.5, 0.6) is 5.75 Å². The zero-order valence-corrected chi connectivity index (χ0v) is 14.5. The molecule has 0 aliphatic heterocycles. The largest absolute Gasteiger partial charge is 0.506 e. The summed E-state index contributed by atoms with van der Waals surface area (Å²) in [6.45, 7) is 0.326. The number of anilines is 1. The summed E-state index contributed by atoms with van der Waals surface area (Å²) < 4.78 is 42.3. The summed E-state index contributed by atoms with van der Waals surface area (Å²) in [5, 5.41) is 11.4. The van der Waals surface area contributed by atoms with Crippen molar-refractivity contribution >= 4 is 23.8 Å². The molecule has 2 aromatic rings. The van der Waals surface area contributed by atoms with Gasteiger partial charge in [-0.3, -0.25) is 13.9 Å². The van der Waals surface area contributed by atoms with Crippen LogP contribution < -0.4 is 16.7 Å². The second kappa shape index (κ2) is 6.44. The van der Waals surface area contributed by atoms with Crippen LogP contribution in [0.15, 0.2) is 21.7 Å². The lowest BCUT2D eigenvalue weighted by molar-refractivity contribution is -0.137. The van der Waals surface area contributed by atoms with Crippen molar-refractivity contribution in [2.24, 2.45) is 14.1 Å². The molecule has 26 heavy (non-hydrogen) atoms. The van der Waals surface area contributed by atoms with Gasteiger partial charge < -0.3 is 10.4 Å². The number of nitrogens with zero attached hydrogens (tertiary/aromatic N) is 3. The van der Waals surface area contributed by atoms with Gasteiger partial charge in [-0.15, -0.1) is 0 Å². The SMILES string of the molecule is Cn1c(=S)n(C)c(=O)n(-c2cc(NC(=O)C(C)(F)F)c(O)cc2F)c1=O. The molecule has 2 rings (SSSR count). The van der Waals surface area contributed by atoms with Crippen LogP contribution in [0.25, 0.3) is 5.69 Å². The Labute approximate surface area is 148 Å². The molecule has 0 saturated heterocycles. The summed E-state index contributed by atoms with van der Waals surface area (Å²) >= 11 is 4.89. The third-order valence-electron chi connectivity index (χ3n) is 3.48. The fourth-order valence-electron chi connectivity index (χ4n) is 2.03. The molecule has 1 aromatic carbocycles. The van der Waals surface area contributed by atoms with E-state index >= 15 is 0 Å². The highest BCUT2D eigenvalue weighted by Gasteiger charge is 2.33. The number of hydrogen-bond donors (Lipinski definition) is 2. The number of rotatable bonds is 3. The van der Waals surface area contributed by atoms with Gasteiger partial charge in [-0.2, -0.15) is 8.78 Å². The lowest BCUT2D eigenvalue weighted by Gasteiger charge is -2.15. The summed E-state index contributed by atoms with van der Waals surface area (Å²) in [5.41, 5.74) is -3.26. The van der Waals surface area contributed by atoms with Crippen molar-refractivity contribution in [3.05, 3.63) is 43.7 Å². The molecule has 0 spiro atoms. The maximum absolute atomic E-state index is 14.2. The van der Waals surface area contributed by atoms with E-state index in [2.05, 4.69) is 0 Å². The van der Waals surface area contributed by atoms with E-state index in [-0.39, 0.29) is 4.77 Å². The van der Waals surface area contributed by atoms with E-state index in [9.17, 15) is 32.7 Å². The number of phenolic OH excluding ortho intramolecular Hbond substituents is 1. The second-order valence-electron chi connectivity index (χ2n) is 5.46. The Morgan fingerprint density at radius 2 is 1.69 bits per heavy atom. The molecule has 0 aliphatic rings. The Hall–Kier alpha value is -2.89. The maximum Gasteiger partial charge on any atom is 0.338 e. The van der Waals surface area contributed by atoms with Crippen molar-refractivity contribution in [1.82, 2.24) is 13.7 Å². The standard InChI is InChI=1S/C14H13F3N4O4S/c1-14(16,17)10(23)18-7-5-8(6(15)4-9(7)22)21-11(24)19(2)13(26)20(3)12(21)25/h4-5,22H,1-3H3,(H,18,23). The van der Waals surface area contributed by atoms with Crippen molar-refractivity contribution in [3.63, 3.8) is 0 Å². The summed E-state index contributed by atoms with van der Waals surface area (Å²) in [7, 11) is 2.50. The van der Waals surface area contributed by atoms with Crippen LogP contribution in [0.1, 0.15) is 6.92 Å². The fourth-order valence-corrected chi connectivity index (χ4v) is 2.19. The number of carbonyl (C=O) groups is 1. The van der Waals surface area contributed by atoms with Crippen LogP contribution in [0.2, 0.25) is 0 Å². The topological polar surface area (TPSA) is 98.3 Å². The van der Waals surface area contributed by atoms with Crippen molar-refractivity contribution in [3.8, 4) is 11.4 Å². The van der Waals surface area contributed by atoms with Crippen LogP contribution in [0, 0.1) is 10.6 Å². The first-order valence-corrected chi connectivity index (χ1v) is 7.38. The monoisotopic (exact) mass is 390 g/mol. The van der Waals surface area contributed by atoms with E-state index in [1.165, 1.54) is 14.1 Å². The Morgan fingerprint density at radius 3 is 2.15 bits per heavy atom. The van der Waals surface area contributed by atoms with Gasteiger partial charge in [0, 0.05) is 27.1 Å². The Balaban J connectivity index is 2.76. The molecule has 8 nitrogen and oxygen atoms in total. The smallest absolute Gasteiger partial charge is 0.338 e. The number of aromatic hydroxyl groups is 1. The van der Waals surface area contributed by atoms with Gasteiger partial charge in [-0.1, -0.05) is 0 Å². The molecule has 140 valence electrons. The molecule has 1 aromatic heterocycles. The van der Waals surface area contributed by atoms with Gasteiger partial charge in [0.15, 0.2) is 10.6 Å². The number of phenols is 1. The lowest BCUT2D eigenvalue weighted by Crippen LogP contribution is -2.43. The average Bonchev–Trinajstić information content (AvgIpc) is 2.54. The number of hydrogen-bond acceptors (Lipinski definition) is 5. The summed E-state index contributed by atoms with van der Waals surface area (Å²) in [4.78, 5) is 36.0. The number of carbonyl (C=O) groups excluding carboxylic acids is 1. The van der Waals surface area contributed by atoms with Gasteiger partial charge in [0.1, 0.15) is 5.75 Å². The van der Waals surface area contributed by atoms with Crippen LogP contribution >= 0.6 is 12.2 Å². The minimum atomic E-state index is -3.77. The number of nitrogens with one attached hydrogen (secondary N) is 1. The normalized spacial score (nSPS) is 11.5. The van der Waals surface area contributed by atoms with Gasteiger partial charge in [0.05, 0.1) is 11.4 Å². The molecule has 2 N–H and O–H groups in total. The zero-order chi connectivity index (χ0) is 20.0. The van der Waals surface area contributed by atoms with Gasteiger partial charge in [-0.25, -0.2) is 18.5 Å². The highest BCUT2D eigenvalue weighted by atomic mass is 32.1. The molecule has 1 heterocycles. The molecule has 0 unspecified atom stereocenters. The van der Waals surface area contributed by atoms with Crippen LogP contribution in [0.4, 0.5) is 18.9 Å². The molecule has 0 saturated carbocycles. The van der Waals surface area contributed by atoms with E-state index in [1.807, 2.05) is 0 Å². The predicted molar refractivity (Wildman–Crippen MR) is 88.0 cm³/mol. The fraction of sp³-hybridized carbons (Fsp3) is 0.286. The number of amides is 1. The predicted octanol–water partition coefficient (Wildman–Crippen LogP) is 1.04. The number of benzene rings is 1. The molecule has 0 fully saturated rings. The minimum absolute atomic E-state index is 0.130. The van der Waals surface area contributed by atoms with Crippen molar-refractivity contribution < 1.29 is 23.1 Å². The van der Waals surface area contributed by atoms with Gasteiger partial charge >= 0.3 is 17.3 Å². The first-order chi connectivity index (χ1) is 11.9. The molecule has 0 radical (unpaired) electrons. The van der Waals surface area contributed by atoms with Gasteiger partial charge in [0.2, 0.25) is 0 Å². The van der Waals surface area contributed by atoms with Crippen LogP contribution in [0.3, 0.4) is 0 Å². The second-order valence-corrected chi connectivity index (χ2v) is 5.83. The lowest BCUT2D eigenvalue weighted by atomic mass is 10.2. The summed E-state index contributed by atoms with van der Waals surface area (Å²) in [6, 6.07) is 1.17. The van der Waals surface area contributed by atoms with E-state index in [0.29, 0.717) is 23.6 Å². The third kappa shape index (κ3) is 3.27. The minimum Gasteiger partial charge on any atom is -0.506 e. The Bertz CT molecular complexity index is 1040.